The summed E-state index contributed by atoms with van der Waals surface area (Å²) in [6, 6.07) is 17.6. The normalized spacial score (nSPS) is 10.4. The van der Waals surface area contributed by atoms with Crippen LogP contribution in [0.1, 0.15) is 11.1 Å². The fraction of sp³-hybridized carbons (Fsp3) is 0.190. The third-order valence-electron chi connectivity index (χ3n) is 4.07. The molecule has 1 amide bonds. The number of rotatable bonds is 5. The molecular formula is C21H20N4OS. The van der Waals surface area contributed by atoms with Gasteiger partial charge < -0.3 is 10.2 Å². The number of nitrogens with zero attached hydrogens (tertiary/aromatic N) is 3. The van der Waals surface area contributed by atoms with Gasteiger partial charge in [0.25, 0.3) is 0 Å². The number of thioether (sulfide) groups is 1. The van der Waals surface area contributed by atoms with Crippen molar-refractivity contribution in [2.75, 3.05) is 30.1 Å². The topological polar surface area (TPSA) is 69.0 Å². The van der Waals surface area contributed by atoms with Crippen molar-refractivity contribution in [1.82, 2.24) is 4.98 Å². The van der Waals surface area contributed by atoms with E-state index in [1.54, 1.807) is 0 Å². The number of hydrogen-bond acceptors (Lipinski definition) is 5. The highest BCUT2D eigenvalue weighted by Gasteiger charge is 2.11. The smallest absolute Gasteiger partial charge is 0.234 e. The Balaban J connectivity index is 1.70. The number of fused-ring (bicyclic) bond motifs is 1. The summed E-state index contributed by atoms with van der Waals surface area (Å²) in [5.41, 5.74) is 4.23. The molecule has 6 heteroatoms. The van der Waals surface area contributed by atoms with Crippen LogP contribution in [0, 0.1) is 18.3 Å². The van der Waals surface area contributed by atoms with Gasteiger partial charge in [-0.1, -0.05) is 23.9 Å². The number of hydrogen-bond donors (Lipinski definition) is 1. The van der Waals surface area contributed by atoms with E-state index in [0.29, 0.717) is 10.6 Å². The highest BCUT2D eigenvalue weighted by molar-refractivity contribution is 8.00. The molecule has 1 heterocycles. The van der Waals surface area contributed by atoms with Gasteiger partial charge in [-0.3, -0.25) is 4.79 Å². The molecule has 1 aromatic heterocycles. The maximum Gasteiger partial charge on any atom is 0.234 e. The van der Waals surface area contributed by atoms with Crippen molar-refractivity contribution in [3.8, 4) is 6.07 Å². The molecular weight excluding hydrogens is 356 g/mol. The van der Waals surface area contributed by atoms with E-state index in [9.17, 15) is 10.1 Å². The molecule has 0 bridgehead atoms. The minimum atomic E-state index is -0.132. The lowest BCUT2D eigenvalue weighted by atomic mass is 10.1. The summed E-state index contributed by atoms with van der Waals surface area (Å²) in [5.74, 6) is 0.0571. The molecule has 0 saturated heterocycles. The van der Waals surface area contributed by atoms with Gasteiger partial charge in [0, 0.05) is 30.9 Å². The van der Waals surface area contributed by atoms with Crippen LogP contribution in [0.2, 0.25) is 0 Å². The van der Waals surface area contributed by atoms with Crippen molar-refractivity contribution in [1.29, 1.82) is 5.26 Å². The van der Waals surface area contributed by atoms with Gasteiger partial charge in [0.05, 0.1) is 16.8 Å². The molecule has 3 rings (SSSR count). The first kappa shape index (κ1) is 18.7. The Morgan fingerprint density at radius 2 is 1.93 bits per heavy atom. The molecule has 0 radical (unpaired) electrons. The zero-order valence-electron chi connectivity index (χ0n) is 15.5. The standard InChI is InChI=1S/C21H20N4OS/c1-14-4-5-15-11-16(12-22)21(24-19(15)10-14)27-13-20(26)23-17-6-8-18(9-7-17)25(2)3/h4-11H,13H2,1-3H3,(H,23,26). The Morgan fingerprint density at radius 1 is 1.19 bits per heavy atom. The second-order valence-electron chi connectivity index (χ2n) is 6.43. The fourth-order valence-electron chi connectivity index (χ4n) is 2.62. The third kappa shape index (κ3) is 4.57. The van der Waals surface area contributed by atoms with Crippen LogP contribution < -0.4 is 10.2 Å². The van der Waals surface area contributed by atoms with Crippen molar-refractivity contribution in [2.45, 2.75) is 11.9 Å². The maximum absolute atomic E-state index is 12.3. The Bertz CT molecular complexity index is 1020. The number of anilines is 2. The number of aromatic nitrogens is 1. The van der Waals surface area contributed by atoms with E-state index in [1.165, 1.54) is 11.8 Å². The molecule has 0 unspecified atom stereocenters. The molecule has 5 nitrogen and oxygen atoms in total. The zero-order valence-corrected chi connectivity index (χ0v) is 16.3. The number of pyridine rings is 1. The average molecular weight is 376 g/mol. The second kappa shape index (κ2) is 8.11. The van der Waals surface area contributed by atoms with E-state index in [-0.39, 0.29) is 11.7 Å². The first-order valence-electron chi connectivity index (χ1n) is 8.48. The Kier molecular flexibility index (Phi) is 5.63. The van der Waals surface area contributed by atoms with Gasteiger partial charge in [0.15, 0.2) is 0 Å². The fourth-order valence-corrected chi connectivity index (χ4v) is 3.39. The van der Waals surface area contributed by atoms with Crippen LogP contribution in [0.15, 0.2) is 53.6 Å². The molecule has 0 spiro atoms. The van der Waals surface area contributed by atoms with Crippen molar-refractivity contribution in [2.24, 2.45) is 0 Å². The van der Waals surface area contributed by atoms with Crippen molar-refractivity contribution < 1.29 is 4.79 Å². The van der Waals surface area contributed by atoms with E-state index in [1.807, 2.05) is 74.4 Å². The predicted octanol–water partition coefficient (Wildman–Crippen LogP) is 4.21. The van der Waals surface area contributed by atoms with Gasteiger partial charge in [-0.25, -0.2) is 4.98 Å². The number of carbonyl (C=O) groups is 1. The monoisotopic (exact) mass is 376 g/mol. The summed E-state index contributed by atoms with van der Waals surface area (Å²) in [7, 11) is 3.93. The molecule has 2 aromatic carbocycles. The zero-order chi connectivity index (χ0) is 19.4. The van der Waals surface area contributed by atoms with Gasteiger partial charge in [-0.2, -0.15) is 5.26 Å². The molecule has 0 aliphatic rings. The number of nitrogens with one attached hydrogen (secondary N) is 1. The summed E-state index contributed by atoms with van der Waals surface area (Å²) < 4.78 is 0. The van der Waals surface area contributed by atoms with E-state index in [0.717, 1.165) is 27.8 Å². The van der Waals surface area contributed by atoms with Gasteiger partial charge in [0.2, 0.25) is 5.91 Å². The Hall–Kier alpha value is -3.04. The average Bonchev–Trinajstić information content (AvgIpc) is 2.66. The summed E-state index contributed by atoms with van der Waals surface area (Å²) in [6.45, 7) is 2.00. The van der Waals surface area contributed by atoms with Crippen LogP contribution in [0.5, 0.6) is 0 Å². The largest absolute Gasteiger partial charge is 0.378 e. The second-order valence-corrected chi connectivity index (χ2v) is 7.39. The lowest BCUT2D eigenvalue weighted by Gasteiger charge is -2.13. The number of aryl methyl sites for hydroxylation is 1. The molecule has 0 aliphatic carbocycles. The van der Waals surface area contributed by atoms with Crippen molar-refractivity contribution in [3.63, 3.8) is 0 Å². The Labute approximate surface area is 163 Å². The molecule has 3 aromatic rings. The molecule has 0 atom stereocenters. The first-order valence-corrected chi connectivity index (χ1v) is 9.46. The van der Waals surface area contributed by atoms with E-state index >= 15 is 0 Å². The number of benzene rings is 2. The Morgan fingerprint density at radius 3 is 2.59 bits per heavy atom. The quantitative estimate of drug-likeness (QED) is 0.676. The number of amides is 1. The van der Waals surface area contributed by atoms with Gasteiger partial charge in [-0.05, 0) is 48.9 Å². The first-order chi connectivity index (χ1) is 13.0. The van der Waals surface area contributed by atoms with Crippen LogP contribution in [-0.2, 0) is 4.79 Å². The SMILES string of the molecule is Cc1ccc2cc(C#N)c(SCC(=O)Nc3ccc(N(C)C)cc3)nc2c1. The summed E-state index contributed by atoms with van der Waals surface area (Å²) in [6.07, 6.45) is 0. The lowest BCUT2D eigenvalue weighted by molar-refractivity contribution is -0.113. The summed E-state index contributed by atoms with van der Waals surface area (Å²) in [5, 5.41) is 13.8. The van der Waals surface area contributed by atoms with Crippen LogP contribution in [0.25, 0.3) is 10.9 Å². The molecule has 1 N–H and O–H groups in total. The van der Waals surface area contributed by atoms with E-state index < -0.39 is 0 Å². The molecule has 0 fully saturated rings. The predicted molar refractivity (Wildman–Crippen MR) is 111 cm³/mol. The maximum atomic E-state index is 12.3. The van der Waals surface area contributed by atoms with Crippen LogP contribution in [0.3, 0.4) is 0 Å². The third-order valence-corrected chi connectivity index (χ3v) is 5.06. The van der Waals surface area contributed by atoms with Crippen molar-refractivity contribution >= 4 is 39.9 Å². The lowest BCUT2D eigenvalue weighted by Crippen LogP contribution is -2.14. The van der Waals surface area contributed by atoms with Crippen molar-refractivity contribution in [3.05, 3.63) is 59.7 Å². The van der Waals surface area contributed by atoms with Gasteiger partial charge in [-0.15, -0.1) is 0 Å². The van der Waals surface area contributed by atoms with Crippen LogP contribution in [0.4, 0.5) is 11.4 Å². The minimum absolute atomic E-state index is 0.132. The van der Waals surface area contributed by atoms with Crippen LogP contribution in [-0.4, -0.2) is 30.7 Å². The van der Waals surface area contributed by atoms with Gasteiger partial charge in [0.1, 0.15) is 11.1 Å². The highest BCUT2D eigenvalue weighted by atomic mass is 32.2. The highest BCUT2D eigenvalue weighted by Crippen LogP contribution is 2.25. The molecule has 0 saturated carbocycles. The van der Waals surface area contributed by atoms with E-state index in [2.05, 4.69) is 16.4 Å². The minimum Gasteiger partial charge on any atom is -0.378 e. The van der Waals surface area contributed by atoms with E-state index in [4.69, 9.17) is 0 Å². The van der Waals surface area contributed by atoms with Gasteiger partial charge >= 0.3 is 0 Å². The number of carbonyl (C=O) groups excluding carboxylic acids is 1. The summed E-state index contributed by atoms with van der Waals surface area (Å²) in [4.78, 5) is 18.8. The molecule has 27 heavy (non-hydrogen) atoms. The molecule has 136 valence electrons. The summed E-state index contributed by atoms with van der Waals surface area (Å²) >= 11 is 1.27. The molecule has 0 aliphatic heterocycles. The number of nitriles is 1. The van der Waals surface area contributed by atoms with Crippen LogP contribution >= 0.6 is 11.8 Å².